The summed E-state index contributed by atoms with van der Waals surface area (Å²) in [5, 5.41) is 19.8. The van der Waals surface area contributed by atoms with Gasteiger partial charge in [-0.15, -0.1) is 68.9 Å². The van der Waals surface area contributed by atoms with Gasteiger partial charge in [-0.1, -0.05) is 332 Å². The zero-order chi connectivity index (χ0) is 87.1. The molecule has 670 valence electrons. The molecular weight excluding hydrogens is 1800 g/mol. The number of aromatic nitrogens is 6. The van der Waals surface area contributed by atoms with Gasteiger partial charge >= 0.3 is 0 Å². The van der Waals surface area contributed by atoms with Gasteiger partial charge in [0.1, 0.15) is 22.1 Å². The summed E-state index contributed by atoms with van der Waals surface area (Å²) in [4.78, 5) is 15.2. The van der Waals surface area contributed by atoms with Crippen LogP contribution < -0.4 is 9.80 Å². The van der Waals surface area contributed by atoms with Crippen LogP contribution in [0.4, 0.5) is 28.9 Å². The number of thioether (sulfide) groups is 2. The normalized spacial score (nSPS) is 15.8. The summed E-state index contributed by atoms with van der Waals surface area (Å²) in [6, 6.07) is 28.9. The van der Waals surface area contributed by atoms with Gasteiger partial charge in [0.15, 0.2) is 23.3 Å². The van der Waals surface area contributed by atoms with Crippen LogP contribution >= 0.6 is 101 Å². The summed E-state index contributed by atoms with van der Waals surface area (Å²) >= 11 is 16.4. The molecule has 0 radical (unpaired) electrons. The minimum atomic E-state index is -0.874. The number of halogens is 6. The fourth-order valence-electron chi connectivity index (χ4n) is 17.2. The molecule has 8 heterocycles. The molecule has 0 saturated heterocycles. The molecule has 4 aromatic carbocycles. The SMILES string of the molecule is C.C/C=C/c1ccc2c(c1)SC1C=C(/C=C/c3ccc(-c4c(F)c(F)c(-c5ccc(C)s5)c5nn(CCCCCCCCCCCCCCCCCCCC)nc45)s3)C=CC1N2C.C=CC1=CC2Sc3cc(C=C)ccc3N(C)C2C=C1.CCCCCCCCCCCCCCCCCCCCn1nc2c(-c3ccc(Br)s3)c(F)c(F)c(-c3ccc(Br)s3)c2n1. The van der Waals surface area contributed by atoms with E-state index in [9.17, 15) is 0 Å². The lowest BCUT2D eigenvalue weighted by Gasteiger charge is -2.40. The minimum absolute atomic E-state index is 0. The minimum Gasteiger partial charge on any atom is -0.366 e. The smallest absolute Gasteiger partial charge is 0.170 e. The van der Waals surface area contributed by atoms with Crippen molar-refractivity contribution in [2.24, 2.45) is 0 Å². The van der Waals surface area contributed by atoms with E-state index in [2.05, 4.69) is 180 Å². The Labute approximate surface area is 786 Å². The highest BCUT2D eigenvalue weighted by atomic mass is 79.9. The lowest BCUT2D eigenvalue weighted by atomic mass is 9.99. The van der Waals surface area contributed by atoms with Crippen molar-refractivity contribution in [3.05, 3.63) is 216 Å². The van der Waals surface area contributed by atoms with Crippen molar-refractivity contribution in [2.45, 2.75) is 312 Å². The van der Waals surface area contributed by atoms with Gasteiger partial charge in [0, 0.05) is 53.1 Å². The zero-order valence-electron chi connectivity index (χ0n) is 73.9. The van der Waals surface area contributed by atoms with Crippen molar-refractivity contribution in [1.82, 2.24) is 30.0 Å². The lowest BCUT2D eigenvalue weighted by Crippen LogP contribution is -2.41. The first kappa shape index (κ1) is 99.0. The molecule has 10 aromatic rings. The number of hydrogen-bond acceptors (Lipinski definition) is 12. The molecule has 8 nitrogen and oxygen atoms in total. The van der Waals surface area contributed by atoms with E-state index in [4.69, 9.17) is 20.4 Å². The predicted octanol–water partition coefficient (Wildman–Crippen LogP) is 35.7. The Balaban J connectivity index is 0.000000207. The van der Waals surface area contributed by atoms with Gasteiger partial charge < -0.3 is 9.80 Å². The van der Waals surface area contributed by atoms with Gasteiger partial charge in [-0.2, -0.15) is 30.0 Å². The molecule has 0 bridgehead atoms. The largest absolute Gasteiger partial charge is 0.366 e. The van der Waals surface area contributed by atoms with Crippen molar-refractivity contribution in [3.8, 4) is 41.8 Å². The third-order valence-corrected chi connectivity index (χ3v) is 32.1. The second kappa shape index (κ2) is 51.7. The van der Waals surface area contributed by atoms with E-state index in [1.54, 1.807) is 21.7 Å². The standard InChI is InChI=1S/C53H66F2N4S3.C34H45Br2F2N3S2.C17H17NS.CH4/c1-5-7-8-9-10-11-12-13-14-15-16-17-18-19-20-21-22-23-35-59-56-52-48(44-33-25-38(3)60-44)50(54)51(55)49(53(52)57-59)45-34-30-41(61-45)29-26-40-28-32-43-47(37-40)62-46-36-39(24-6-2)27-31-42(46)58(43)4;1-2-3-4-5-6-7-8-9-10-11-12-13-14-15-16-17-18-19-24-41-39-33-29(25-20-22-27(35)42-25)31(37)32(38)30(34(33)40-41)26-21-23-28(36)43-26;1-4-12-6-8-14-16(10-12)19-17-11-13(5-2)7-9-15(17)18(14)3;/h6,24-34,36-37,43,47H,5,7-23,35H2,1-4H3;20-23H,2-19,24H2,1H3;4-11,14,16H,1-2H2,3H3;1H4/b24-6+,29-26+;;;. The van der Waals surface area contributed by atoms with E-state index >= 15 is 17.6 Å². The Bertz CT molecular complexity index is 5200. The average molecular weight is 1930 g/mol. The number of likely N-dealkylation sites (N-methyl/N-ethyl adjacent to an activating group) is 2. The van der Waals surface area contributed by atoms with E-state index in [1.165, 1.54) is 289 Å². The summed E-state index contributed by atoms with van der Waals surface area (Å²) < 4.78 is 65.4. The molecule has 4 unspecified atom stereocenters. The van der Waals surface area contributed by atoms with Crippen molar-refractivity contribution in [3.63, 3.8) is 0 Å². The molecule has 0 saturated carbocycles. The second-order valence-corrected chi connectivity index (χ2v) is 43.5. The second-order valence-electron chi connectivity index (χ2n) is 33.7. The first-order chi connectivity index (χ1) is 60.6. The monoisotopic (exact) mass is 1930 g/mol. The third kappa shape index (κ3) is 27.7. The number of nitrogens with zero attached hydrogens (tertiary/aromatic N) is 8. The number of allylic oxidation sites excluding steroid dienone is 7. The maximum atomic E-state index is 16.4. The van der Waals surface area contributed by atoms with Crippen LogP contribution in [0.1, 0.15) is 280 Å². The number of unbranched alkanes of at least 4 members (excludes halogenated alkanes) is 34. The Hall–Kier alpha value is -6.62. The van der Waals surface area contributed by atoms with Gasteiger partial charge in [0.05, 0.1) is 76.9 Å². The predicted molar refractivity (Wildman–Crippen MR) is 548 cm³/mol. The number of aryl methyl sites for hydroxylation is 3. The van der Waals surface area contributed by atoms with Crippen molar-refractivity contribution >= 4 is 152 Å². The van der Waals surface area contributed by atoms with Crippen LogP contribution in [0.2, 0.25) is 0 Å². The van der Waals surface area contributed by atoms with Crippen LogP contribution in [0, 0.1) is 30.2 Å². The molecule has 2 aliphatic heterocycles. The zero-order valence-corrected chi connectivity index (χ0v) is 82.0. The lowest BCUT2D eigenvalue weighted by molar-refractivity contribution is 0.482. The maximum Gasteiger partial charge on any atom is 0.170 e. The fraction of sp³-hybridized carbons (Fsp3) is 0.467. The quantitative estimate of drug-likeness (QED) is 0.0276. The molecule has 6 aromatic heterocycles. The van der Waals surface area contributed by atoms with Gasteiger partial charge in [0.2, 0.25) is 0 Å². The highest BCUT2D eigenvalue weighted by Crippen LogP contribution is 2.49. The number of hydrogen-bond donors (Lipinski definition) is 0. The summed E-state index contributed by atoms with van der Waals surface area (Å²) in [5.74, 6) is -3.47. The third-order valence-electron chi connectivity index (χ3n) is 24.2. The highest BCUT2D eigenvalue weighted by molar-refractivity contribution is 9.11. The van der Waals surface area contributed by atoms with Crippen molar-refractivity contribution in [1.29, 1.82) is 0 Å². The number of rotatable bonds is 47. The fourth-order valence-corrected chi connectivity index (χ4v) is 24.9. The van der Waals surface area contributed by atoms with E-state index in [0.29, 0.717) is 66.0 Å². The van der Waals surface area contributed by atoms with Crippen LogP contribution in [0.25, 0.3) is 82.1 Å². The number of fused-ring (bicyclic) bond motifs is 6. The highest BCUT2D eigenvalue weighted by Gasteiger charge is 2.35. The van der Waals surface area contributed by atoms with Gasteiger partial charge in [0.25, 0.3) is 0 Å². The number of thiophene rings is 4. The average Bonchev–Trinajstić information content (AvgIpc) is 1.60. The van der Waals surface area contributed by atoms with Crippen molar-refractivity contribution < 1.29 is 17.6 Å². The topological polar surface area (TPSA) is 67.9 Å². The molecule has 14 rings (SSSR count). The Morgan fingerprint density at radius 2 is 0.736 bits per heavy atom. The Morgan fingerprint density at radius 3 is 1.10 bits per heavy atom. The van der Waals surface area contributed by atoms with Gasteiger partial charge in [-0.25, -0.2) is 17.6 Å². The Morgan fingerprint density at radius 1 is 0.392 bits per heavy atom. The molecule has 0 fully saturated rings. The number of benzene rings is 4. The molecule has 2 aliphatic carbocycles. The molecule has 125 heavy (non-hydrogen) atoms. The summed E-state index contributed by atoms with van der Waals surface area (Å²) in [5.41, 5.74) is 9.75. The van der Waals surface area contributed by atoms with Crippen LogP contribution in [-0.4, -0.2) is 66.7 Å². The van der Waals surface area contributed by atoms with Gasteiger partial charge in [-0.3, -0.25) is 0 Å². The van der Waals surface area contributed by atoms with E-state index in [-0.39, 0.29) is 41.0 Å². The first-order valence-corrected chi connectivity index (χ1v) is 52.8. The summed E-state index contributed by atoms with van der Waals surface area (Å²) in [6.07, 6.45) is 73.6. The van der Waals surface area contributed by atoms with Gasteiger partial charge in [-0.05, 0) is 160 Å². The van der Waals surface area contributed by atoms with E-state index < -0.39 is 23.3 Å². The van der Waals surface area contributed by atoms with E-state index in [0.717, 1.165) is 48.6 Å². The van der Waals surface area contributed by atoms with Crippen LogP contribution in [0.5, 0.6) is 0 Å². The van der Waals surface area contributed by atoms with Crippen LogP contribution in [0.3, 0.4) is 0 Å². The molecule has 0 spiro atoms. The molecule has 4 atom stereocenters. The van der Waals surface area contributed by atoms with Crippen LogP contribution in [-0.2, 0) is 13.1 Å². The molecule has 0 amide bonds. The van der Waals surface area contributed by atoms with Crippen molar-refractivity contribution in [2.75, 3.05) is 23.9 Å². The molecule has 0 N–H and O–H groups in total. The van der Waals surface area contributed by atoms with Crippen LogP contribution in [0.15, 0.2) is 181 Å². The number of anilines is 2. The summed E-state index contributed by atoms with van der Waals surface area (Å²) in [6.45, 7) is 17.6. The maximum absolute atomic E-state index is 16.4. The Kier molecular flexibility index (Phi) is 40.9. The summed E-state index contributed by atoms with van der Waals surface area (Å²) in [7, 11) is 4.34. The van der Waals surface area contributed by atoms with E-state index in [1.807, 2.05) is 85.9 Å². The molecule has 4 aliphatic rings. The molecule has 20 heteroatoms. The molecular formula is C105H132Br2F4N8S6. The first-order valence-electron chi connectivity index (χ1n) is 46.2.